The molecule has 3 aromatic carbocycles. The van der Waals surface area contributed by atoms with E-state index in [1.807, 2.05) is 20.8 Å². The van der Waals surface area contributed by atoms with Gasteiger partial charge in [0.25, 0.3) is 10.0 Å². The molecule has 3 aromatic rings. The molecule has 0 bridgehead atoms. The van der Waals surface area contributed by atoms with Crippen molar-refractivity contribution in [2.24, 2.45) is 0 Å². The van der Waals surface area contributed by atoms with E-state index in [9.17, 15) is 18.0 Å². The predicted molar refractivity (Wildman–Crippen MR) is 165 cm³/mol. The number of anilines is 1. The number of nitrogens with one attached hydrogen (secondary N) is 1. The number of rotatable bonds is 13. The van der Waals surface area contributed by atoms with Crippen LogP contribution in [0.5, 0.6) is 11.5 Å². The minimum Gasteiger partial charge on any atom is -0.497 e. The molecule has 0 aromatic heterocycles. The molecular formula is C31H38ClN3O6S. The van der Waals surface area contributed by atoms with Gasteiger partial charge in [0.05, 0.1) is 24.8 Å². The maximum atomic E-state index is 14.1. The van der Waals surface area contributed by atoms with E-state index in [1.54, 1.807) is 56.5 Å². The van der Waals surface area contributed by atoms with Crippen molar-refractivity contribution in [2.75, 3.05) is 25.1 Å². The van der Waals surface area contributed by atoms with E-state index < -0.39 is 28.5 Å². The van der Waals surface area contributed by atoms with Gasteiger partial charge in [0.1, 0.15) is 24.1 Å². The summed E-state index contributed by atoms with van der Waals surface area (Å²) < 4.78 is 39.8. The van der Waals surface area contributed by atoms with E-state index in [4.69, 9.17) is 21.1 Å². The molecule has 0 heterocycles. The standard InChI is InChI=1S/C31H38ClN3O6S/c1-7-22(3)33-31(37)23(4)34(19-24-10-13-26(40-5)14-11-24)30(36)20-35(28-18-25(32)12-17-29(28)41-6)42(38,39)27-15-8-21(2)9-16-27/h8-18,22-23H,7,19-20H2,1-6H3,(H,33,37)/t22-,23-/m1/s1. The number of hydrogen-bond donors (Lipinski definition) is 1. The van der Waals surface area contributed by atoms with E-state index in [0.717, 1.165) is 15.4 Å². The van der Waals surface area contributed by atoms with Crippen LogP contribution in [0, 0.1) is 6.92 Å². The molecular weight excluding hydrogens is 578 g/mol. The third-order valence-corrected chi connectivity index (χ3v) is 8.99. The zero-order chi connectivity index (χ0) is 31.0. The van der Waals surface area contributed by atoms with E-state index in [2.05, 4.69) is 5.32 Å². The Kier molecular flexibility index (Phi) is 11.2. The Morgan fingerprint density at radius 2 is 1.60 bits per heavy atom. The van der Waals surface area contributed by atoms with Crippen molar-refractivity contribution in [1.82, 2.24) is 10.2 Å². The number of ether oxygens (including phenoxy) is 2. The van der Waals surface area contributed by atoms with Crippen LogP contribution < -0.4 is 19.1 Å². The zero-order valence-corrected chi connectivity index (χ0v) is 26.3. The van der Waals surface area contributed by atoms with Gasteiger partial charge in [0.15, 0.2) is 0 Å². The molecule has 0 saturated heterocycles. The monoisotopic (exact) mass is 615 g/mol. The van der Waals surface area contributed by atoms with E-state index in [1.165, 1.54) is 36.3 Å². The van der Waals surface area contributed by atoms with Gasteiger partial charge < -0.3 is 19.7 Å². The molecule has 2 amide bonds. The normalized spacial score (nSPS) is 12.6. The molecule has 1 N–H and O–H groups in total. The molecule has 3 rings (SSSR count). The predicted octanol–water partition coefficient (Wildman–Crippen LogP) is 5.19. The Morgan fingerprint density at radius 1 is 0.952 bits per heavy atom. The number of hydrogen-bond acceptors (Lipinski definition) is 6. The van der Waals surface area contributed by atoms with Crippen molar-refractivity contribution < 1.29 is 27.5 Å². The minimum absolute atomic E-state index is 0.00723. The molecule has 0 radical (unpaired) electrons. The van der Waals surface area contributed by atoms with E-state index in [0.29, 0.717) is 12.2 Å². The molecule has 0 aliphatic carbocycles. The second-order valence-electron chi connectivity index (χ2n) is 10.0. The molecule has 226 valence electrons. The first-order valence-electron chi connectivity index (χ1n) is 13.6. The number of carbonyl (C=O) groups excluding carboxylic acids is 2. The van der Waals surface area contributed by atoms with Crippen LogP contribution in [-0.2, 0) is 26.2 Å². The van der Waals surface area contributed by atoms with Crippen molar-refractivity contribution in [1.29, 1.82) is 0 Å². The lowest BCUT2D eigenvalue weighted by molar-refractivity contribution is -0.139. The van der Waals surface area contributed by atoms with Crippen LogP contribution in [0.2, 0.25) is 5.02 Å². The smallest absolute Gasteiger partial charge is 0.264 e. The van der Waals surface area contributed by atoms with Crippen LogP contribution in [-0.4, -0.2) is 58.0 Å². The summed E-state index contributed by atoms with van der Waals surface area (Å²) in [5.74, 6) is -0.0791. The Labute approximate surface area is 253 Å². The first kappa shape index (κ1) is 32.8. The maximum Gasteiger partial charge on any atom is 0.264 e. The van der Waals surface area contributed by atoms with Crippen LogP contribution in [0.3, 0.4) is 0 Å². The van der Waals surface area contributed by atoms with Gasteiger partial charge in [-0.25, -0.2) is 8.42 Å². The van der Waals surface area contributed by atoms with Gasteiger partial charge in [-0.1, -0.05) is 48.4 Å². The molecule has 0 fully saturated rings. The SMILES string of the molecule is CC[C@@H](C)NC(=O)[C@@H](C)N(Cc1ccc(OC)cc1)C(=O)CN(c1cc(Cl)ccc1OC)S(=O)(=O)c1ccc(C)cc1. The zero-order valence-electron chi connectivity index (χ0n) is 24.8. The Balaban J connectivity index is 2.09. The number of halogens is 1. The van der Waals surface area contributed by atoms with Gasteiger partial charge in [-0.3, -0.25) is 13.9 Å². The fourth-order valence-corrected chi connectivity index (χ4v) is 5.77. The van der Waals surface area contributed by atoms with Gasteiger partial charge in [-0.2, -0.15) is 0 Å². The Bertz CT molecular complexity index is 1480. The highest BCUT2D eigenvalue weighted by atomic mass is 35.5. The molecule has 0 unspecified atom stereocenters. The largest absolute Gasteiger partial charge is 0.497 e. The van der Waals surface area contributed by atoms with Crippen LogP contribution in [0.1, 0.15) is 38.3 Å². The molecule has 2 atom stereocenters. The fraction of sp³-hybridized carbons (Fsp3) is 0.355. The Morgan fingerprint density at radius 3 is 2.17 bits per heavy atom. The quantitative estimate of drug-likeness (QED) is 0.284. The number of amides is 2. The molecule has 0 spiro atoms. The summed E-state index contributed by atoms with van der Waals surface area (Å²) in [5, 5.41) is 3.18. The average molecular weight is 616 g/mol. The lowest BCUT2D eigenvalue weighted by Gasteiger charge is -2.33. The highest BCUT2D eigenvalue weighted by molar-refractivity contribution is 7.92. The fourth-order valence-electron chi connectivity index (χ4n) is 4.18. The summed E-state index contributed by atoms with van der Waals surface area (Å²) in [5.41, 5.74) is 1.71. The number of methoxy groups -OCH3 is 2. The highest BCUT2D eigenvalue weighted by Gasteiger charge is 2.34. The number of sulfonamides is 1. The minimum atomic E-state index is -4.27. The Hall–Kier alpha value is -3.76. The van der Waals surface area contributed by atoms with Crippen LogP contribution in [0.25, 0.3) is 0 Å². The molecule has 0 aliphatic heterocycles. The van der Waals surface area contributed by atoms with Gasteiger partial charge >= 0.3 is 0 Å². The van der Waals surface area contributed by atoms with Crippen LogP contribution in [0.4, 0.5) is 5.69 Å². The van der Waals surface area contributed by atoms with Gasteiger partial charge in [-0.05, 0) is 75.2 Å². The molecule has 42 heavy (non-hydrogen) atoms. The lowest BCUT2D eigenvalue weighted by atomic mass is 10.1. The van der Waals surface area contributed by atoms with Crippen molar-refractivity contribution in [3.63, 3.8) is 0 Å². The topological polar surface area (TPSA) is 105 Å². The summed E-state index contributed by atoms with van der Waals surface area (Å²) in [6.45, 7) is 6.75. The van der Waals surface area contributed by atoms with Crippen molar-refractivity contribution in [3.05, 3.63) is 82.9 Å². The van der Waals surface area contributed by atoms with Crippen molar-refractivity contribution in [2.45, 2.75) is 57.6 Å². The van der Waals surface area contributed by atoms with Crippen molar-refractivity contribution in [3.8, 4) is 11.5 Å². The lowest BCUT2D eigenvalue weighted by Crippen LogP contribution is -2.52. The average Bonchev–Trinajstić information content (AvgIpc) is 2.98. The molecule has 11 heteroatoms. The first-order chi connectivity index (χ1) is 19.9. The number of aryl methyl sites for hydroxylation is 1. The van der Waals surface area contributed by atoms with Crippen LogP contribution in [0.15, 0.2) is 71.6 Å². The number of nitrogens with zero attached hydrogens (tertiary/aromatic N) is 2. The molecule has 0 saturated carbocycles. The van der Waals surface area contributed by atoms with E-state index >= 15 is 0 Å². The van der Waals surface area contributed by atoms with Crippen LogP contribution >= 0.6 is 11.6 Å². The number of carbonyl (C=O) groups is 2. The van der Waals surface area contributed by atoms with Gasteiger partial charge in [-0.15, -0.1) is 0 Å². The molecule has 0 aliphatic rings. The summed E-state index contributed by atoms with van der Waals surface area (Å²) in [4.78, 5) is 28.7. The summed E-state index contributed by atoms with van der Waals surface area (Å²) in [6, 6.07) is 17.0. The first-order valence-corrected chi connectivity index (χ1v) is 15.4. The third kappa shape index (κ3) is 7.95. The summed E-state index contributed by atoms with van der Waals surface area (Å²) in [7, 11) is -1.31. The second-order valence-corrected chi connectivity index (χ2v) is 12.3. The summed E-state index contributed by atoms with van der Waals surface area (Å²) >= 11 is 6.28. The van der Waals surface area contributed by atoms with Crippen molar-refractivity contribution >= 4 is 39.1 Å². The highest BCUT2D eigenvalue weighted by Crippen LogP contribution is 2.35. The number of benzene rings is 3. The third-order valence-electron chi connectivity index (χ3n) is 6.98. The van der Waals surface area contributed by atoms with E-state index in [-0.39, 0.29) is 39.8 Å². The van der Waals surface area contributed by atoms with Gasteiger partial charge in [0.2, 0.25) is 11.8 Å². The second kappa shape index (κ2) is 14.4. The summed E-state index contributed by atoms with van der Waals surface area (Å²) in [6.07, 6.45) is 0.710. The molecule has 9 nitrogen and oxygen atoms in total. The van der Waals surface area contributed by atoms with Gasteiger partial charge in [0, 0.05) is 17.6 Å². The maximum absolute atomic E-state index is 14.1.